The molecular weight excluding hydrogens is 256 g/mol. The second-order valence-electron chi connectivity index (χ2n) is 2.50. The summed E-state index contributed by atoms with van der Waals surface area (Å²) in [5.74, 6) is -2.01. The first-order chi connectivity index (χ1) is 6.04. The molecule has 0 spiro atoms. The third-order valence-corrected chi connectivity index (χ3v) is 1.63. The summed E-state index contributed by atoms with van der Waals surface area (Å²) in [6.45, 7) is 1.38. The van der Waals surface area contributed by atoms with Crippen molar-refractivity contribution in [2.24, 2.45) is 0 Å². The molecule has 2 N–H and O–H groups in total. The van der Waals surface area contributed by atoms with E-state index in [2.05, 4.69) is 4.98 Å². The lowest BCUT2D eigenvalue weighted by Gasteiger charge is -2.05. The quantitative estimate of drug-likeness (QED) is 0.837. The molecule has 0 aliphatic rings. The summed E-state index contributed by atoms with van der Waals surface area (Å²) in [6, 6.07) is 0. The van der Waals surface area contributed by atoms with Crippen molar-refractivity contribution in [3.8, 4) is 0 Å². The van der Waals surface area contributed by atoms with Gasteiger partial charge >= 0.3 is 12.1 Å². The highest BCUT2D eigenvalue weighted by Crippen LogP contribution is 2.12. The van der Waals surface area contributed by atoms with Crippen LogP contribution in [0.4, 0.5) is 4.79 Å². The van der Waals surface area contributed by atoms with Crippen LogP contribution in [-0.2, 0) is 4.79 Å². The lowest BCUT2D eigenvalue weighted by molar-refractivity contribution is -0.138. The normalized spacial score (nSPS) is 11.5. The average Bonchev–Trinajstić information content (AvgIpc) is 2.50. The third kappa shape index (κ3) is 2.32. The van der Waals surface area contributed by atoms with Crippen molar-refractivity contribution in [2.75, 3.05) is 0 Å². The molecule has 0 aliphatic carbocycles. The predicted molar refractivity (Wildman–Crippen MR) is 52.0 cm³/mol. The van der Waals surface area contributed by atoms with Gasteiger partial charge in [-0.2, -0.15) is 0 Å². The molecule has 1 heterocycles. The molecule has 0 radical (unpaired) electrons. The van der Waals surface area contributed by atoms with Crippen LogP contribution in [-0.4, -0.2) is 31.8 Å². The summed E-state index contributed by atoms with van der Waals surface area (Å²) >= 11 is 0. The molecular formula is C7H9BrN2O4. The summed E-state index contributed by atoms with van der Waals surface area (Å²) in [5.41, 5.74) is 0. The van der Waals surface area contributed by atoms with E-state index in [0.29, 0.717) is 0 Å². The molecule has 1 rings (SSSR count). The summed E-state index contributed by atoms with van der Waals surface area (Å²) in [6.07, 6.45) is 1.22. The summed E-state index contributed by atoms with van der Waals surface area (Å²) < 4.78 is 0.790. The summed E-state index contributed by atoms with van der Waals surface area (Å²) in [4.78, 5) is 24.7. The molecule has 0 saturated carbocycles. The first-order valence-electron chi connectivity index (χ1n) is 3.53. The maximum Gasteiger partial charge on any atom is 0.417 e. The van der Waals surface area contributed by atoms with Crippen molar-refractivity contribution in [3.05, 3.63) is 18.2 Å². The number of hydrogen-bond donors (Lipinski definition) is 2. The number of carbonyl (C=O) groups is 2. The topological polar surface area (TPSA) is 92.4 Å². The molecule has 78 valence electrons. The fraction of sp³-hybridized carbons (Fsp3) is 0.286. The second-order valence-corrected chi connectivity index (χ2v) is 2.50. The Morgan fingerprint density at radius 3 is 2.50 bits per heavy atom. The van der Waals surface area contributed by atoms with Gasteiger partial charge in [-0.05, 0) is 6.92 Å². The van der Waals surface area contributed by atoms with Gasteiger partial charge in [0.2, 0.25) is 0 Å². The Balaban J connectivity index is 0.00000169. The number of carboxylic acids is 1. The lowest BCUT2D eigenvalue weighted by atomic mass is 10.2. The molecule has 6 nitrogen and oxygen atoms in total. The fourth-order valence-electron chi connectivity index (χ4n) is 0.908. The van der Waals surface area contributed by atoms with Gasteiger partial charge in [-0.25, -0.2) is 14.3 Å². The zero-order chi connectivity index (χ0) is 10.0. The molecule has 14 heavy (non-hydrogen) atoms. The number of aromatic nitrogens is 2. The smallest absolute Gasteiger partial charge is 0.417 e. The number of aliphatic carboxylic acids is 1. The highest BCUT2D eigenvalue weighted by molar-refractivity contribution is 8.93. The molecule has 0 aromatic carbocycles. The zero-order valence-corrected chi connectivity index (χ0v) is 8.96. The van der Waals surface area contributed by atoms with Crippen molar-refractivity contribution < 1.29 is 19.8 Å². The average molecular weight is 265 g/mol. The maximum atomic E-state index is 10.5. The van der Waals surface area contributed by atoms with E-state index in [1.54, 1.807) is 0 Å². The SMILES string of the molecule is Br.CC(C(=O)O)c1nccn1C(=O)O. The highest BCUT2D eigenvalue weighted by Gasteiger charge is 2.21. The fourth-order valence-corrected chi connectivity index (χ4v) is 0.908. The Kier molecular flexibility index (Phi) is 4.29. The van der Waals surface area contributed by atoms with Gasteiger partial charge in [-0.3, -0.25) is 4.79 Å². The molecule has 0 amide bonds. The van der Waals surface area contributed by atoms with E-state index in [1.807, 2.05) is 0 Å². The van der Waals surface area contributed by atoms with Crippen LogP contribution in [0.25, 0.3) is 0 Å². The van der Waals surface area contributed by atoms with Gasteiger partial charge in [0, 0.05) is 12.4 Å². The Morgan fingerprint density at radius 2 is 2.07 bits per heavy atom. The Hall–Kier alpha value is -1.37. The van der Waals surface area contributed by atoms with Crippen molar-refractivity contribution in [1.29, 1.82) is 0 Å². The standard InChI is InChI=1S/C7H8N2O4.BrH/c1-4(6(10)11)5-8-2-3-9(5)7(12)13;/h2-4H,1H3,(H,10,11)(H,12,13);1H. The van der Waals surface area contributed by atoms with Crippen molar-refractivity contribution in [2.45, 2.75) is 12.8 Å². The van der Waals surface area contributed by atoms with Crippen LogP contribution in [0.15, 0.2) is 12.4 Å². The second kappa shape index (κ2) is 4.75. The number of imidazole rings is 1. The first-order valence-corrected chi connectivity index (χ1v) is 3.53. The molecule has 1 unspecified atom stereocenters. The van der Waals surface area contributed by atoms with E-state index < -0.39 is 18.0 Å². The molecule has 1 aromatic heterocycles. The van der Waals surface area contributed by atoms with E-state index in [0.717, 1.165) is 4.57 Å². The Morgan fingerprint density at radius 1 is 1.50 bits per heavy atom. The van der Waals surface area contributed by atoms with Gasteiger partial charge in [0.25, 0.3) is 0 Å². The molecule has 1 aromatic rings. The number of nitrogens with zero attached hydrogens (tertiary/aromatic N) is 2. The van der Waals surface area contributed by atoms with Gasteiger partial charge in [0.15, 0.2) is 0 Å². The van der Waals surface area contributed by atoms with E-state index >= 15 is 0 Å². The van der Waals surface area contributed by atoms with Gasteiger partial charge in [0.1, 0.15) is 11.7 Å². The van der Waals surface area contributed by atoms with E-state index in [1.165, 1.54) is 19.3 Å². The number of rotatable bonds is 2. The van der Waals surface area contributed by atoms with Crippen LogP contribution in [0.3, 0.4) is 0 Å². The first kappa shape index (κ1) is 12.6. The van der Waals surface area contributed by atoms with Crippen molar-refractivity contribution >= 4 is 29.0 Å². The molecule has 0 saturated heterocycles. The maximum absolute atomic E-state index is 10.5. The van der Waals surface area contributed by atoms with E-state index in [4.69, 9.17) is 10.2 Å². The van der Waals surface area contributed by atoms with Gasteiger partial charge in [0.05, 0.1) is 0 Å². The minimum Gasteiger partial charge on any atom is -0.481 e. The van der Waals surface area contributed by atoms with Gasteiger partial charge in [-0.15, -0.1) is 17.0 Å². The highest BCUT2D eigenvalue weighted by atomic mass is 79.9. The molecule has 0 aliphatic heterocycles. The third-order valence-electron chi connectivity index (χ3n) is 1.63. The van der Waals surface area contributed by atoms with Crippen LogP contribution in [0.5, 0.6) is 0 Å². The van der Waals surface area contributed by atoms with E-state index in [-0.39, 0.29) is 22.8 Å². The number of hydrogen-bond acceptors (Lipinski definition) is 3. The number of halogens is 1. The number of carboxylic acid groups (broad SMARTS) is 2. The van der Waals surface area contributed by atoms with Gasteiger partial charge in [-0.1, -0.05) is 0 Å². The van der Waals surface area contributed by atoms with Crippen LogP contribution in [0.1, 0.15) is 18.7 Å². The van der Waals surface area contributed by atoms with Crippen molar-refractivity contribution in [1.82, 2.24) is 9.55 Å². The van der Waals surface area contributed by atoms with Crippen LogP contribution in [0, 0.1) is 0 Å². The van der Waals surface area contributed by atoms with Crippen LogP contribution >= 0.6 is 17.0 Å². The van der Waals surface area contributed by atoms with Gasteiger partial charge < -0.3 is 10.2 Å². The van der Waals surface area contributed by atoms with Crippen molar-refractivity contribution in [3.63, 3.8) is 0 Å². The molecule has 0 fully saturated rings. The summed E-state index contributed by atoms with van der Waals surface area (Å²) in [5, 5.41) is 17.2. The van der Waals surface area contributed by atoms with Crippen LogP contribution in [0.2, 0.25) is 0 Å². The Labute approximate surface area is 90.0 Å². The molecule has 0 bridgehead atoms. The monoisotopic (exact) mass is 264 g/mol. The minimum absolute atomic E-state index is 0. The Bertz CT molecular complexity index is 349. The summed E-state index contributed by atoms with van der Waals surface area (Å²) in [7, 11) is 0. The zero-order valence-electron chi connectivity index (χ0n) is 7.25. The molecule has 7 heteroatoms. The van der Waals surface area contributed by atoms with E-state index in [9.17, 15) is 9.59 Å². The molecule has 1 atom stereocenters. The predicted octanol–water partition coefficient (Wildman–Crippen LogP) is 1.18. The lowest BCUT2D eigenvalue weighted by Crippen LogP contribution is -2.18. The van der Waals surface area contributed by atoms with Crippen LogP contribution < -0.4 is 0 Å². The minimum atomic E-state index is -1.24. The largest absolute Gasteiger partial charge is 0.481 e.